The molecule has 106 valence electrons. The molecule has 3 rings (SSSR count). The zero-order valence-corrected chi connectivity index (χ0v) is 11.8. The summed E-state index contributed by atoms with van der Waals surface area (Å²) in [6, 6.07) is 8.78. The molecule has 0 aliphatic carbocycles. The Morgan fingerprint density at radius 2 is 2.00 bits per heavy atom. The lowest BCUT2D eigenvalue weighted by Gasteiger charge is -2.01. The second-order valence-electron chi connectivity index (χ2n) is 3.97. The van der Waals surface area contributed by atoms with Crippen molar-refractivity contribution in [2.24, 2.45) is 0 Å². The number of benzene rings is 1. The lowest BCUT2D eigenvalue weighted by Crippen LogP contribution is -2.11. The van der Waals surface area contributed by atoms with E-state index < -0.39 is 0 Å². The molecule has 0 saturated carbocycles. The van der Waals surface area contributed by atoms with Crippen LogP contribution in [0.3, 0.4) is 0 Å². The molecule has 0 radical (unpaired) electrons. The van der Waals surface area contributed by atoms with Gasteiger partial charge < -0.3 is 8.94 Å². The zero-order chi connectivity index (χ0) is 14.7. The summed E-state index contributed by atoms with van der Waals surface area (Å²) in [4.78, 5) is 13.1. The zero-order valence-electron chi connectivity index (χ0n) is 10.9. The number of thioether (sulfide) groups is 1. The number of hydrogen-bond acceptors (Lipinski definition) is 7. The van der Waals surface area contributed by atoms with Crippen LogP contribution < -0.4 is 5.32 Å². The minimum atomic E-state index is -0.324. The molecule has 21 heavy (non-hydrogen) atoms. The van der Waals surface area contributed by atoms with Gasteiger partial charge in [0.25, 0.3) is 11.8 Å². The molecule has 1 amide bonds. The van der Waals surface area contributed by atoms with Gasteiger partial charge in [-0.25, -0.2) is 0 Å². The number of nitrogens with zero attached hydrogens (tertiary/aromatic N) is 3. The Labute approximate surface area is 123 Å². The largest absolute Gasteiger partial charge is 0.400 e. The first kappa shape index (κ1) is 13.4. The molecule has 1 aromatic carbocycles. The molecular weight excluding hydrogens is 292 g/mol. The highest BCUT2D eigenvalue weighted by Gasteiger charge is 2.14. The minimum absolute atomic E-state index is 0.000318. The first-order chi connectivity index (χ1) is 10.3. The van der Waals surface area contributed by atoms with Crippen molar-refractivity contribution in [1.82, 2.24) is 15.4 Å². The van der Waals surface area contributed by atoms with E-state index in [9.17, 15) is 4.79 Å². The molecule has 3 aromatic rings. The fourth-order valence-corrected chi connectivity index (χ4v) is 2.02. The van der Waals surface area contributed by atoms with Crippen molar-refractivity contribution < 1.29 is 13.7 Å². The molecule has 2 heterocycles. The molecule has 0 saturated heterocycles. The third kappa shape index (κ3) is 2.95. The maximum Gasteiger partial charge on any atom is 0.322 e. The number of carbonyl (C=O) groups is 1. The van der Waals surface area contributed by atoms with Crippen LogP contribution in [0.1, 0.15) is 10.4 Å². The van der Waals surface area contributed by atoms with E-state index in [1.165, 1.54) is 6.20 Å². The molecule has 8 heteroatoms. The van der Waals surface area contributed by atoms with E-state index in [-0.39, 0.29) is 17.8 Å². The van der Waals surface area contributed by atoms with E-state index >= 15 is 0 Å². The molecular formula is C13H10N4O3S. The quantitative estimate of drug-likeness (QED) is 0.740. The summed E-state index contributed by atoms with van der Waals surface area (Å²) in [7, 11) is 0. The Balaban J connectivity index is 1.72. The third-order valence-corrected chi connectivity index (χ3v) is 3.39. The van der Waals surface area contributed by atoms with Gasteiger partial charge in [-0.3, -0.25) is 10.1 Å². The van der Waals surface area contributed by atoms with E-state index in [1.54, 1.807) is 30.0 Å². The van der Waals surface area contributed by atoms with E-state index in [0.717, 1.165) is 4.90 Å². The first-order valence-electron chi connectivity index (χ1n) is 5.96. The van der Waals surface area contributed by atoms with Gasteiger partial charge in [-0.05, 0) is 30.5 Å². The minimum Gasteiger partial charge on any atom is -0.400 e. The normalized spacial score (nSPS) is 10.5. The summed E-state index contributed by atoms with van der Waals surface area (Å²) < 4.78 is 10.2. The van der Waals surface area contributed by atoms with E-state index in [4.69, 9.17) is 8.94 Å². The van der Waals surface area contributed by atoms with Gasteiger partial charge in [0.05, 0.1) is 6.20 Å². The summed E-state index contributed by atoms with van der Waals surface area (Å²) in [6.07, 6.45) is 3.43. The number of anilines is 1. The topological polar surface area (TPSA) is 94.1 Å². The molecule has 0 bridgehead atoms. The van der Waals surface area contributed by atoms with Gasteiger partial charge in [-0.15, -0.1) is 16.9 Å². The van der Waals surface area contributed by atoms with Gasteiger partial charge >= 0.3 is 6.01 Å². The van der Waals surface area contributed by atoms with Crippen LogP contribution in [-0.2, 0) is 0 Å². The van der Waals surface area contributed by atoms with Crippen molar-refractivity contribution in [3.8, 4) is 11.7 Å². The number of nitrogens with one attached hydrogen (secondary N) is 1. The average Bonchev–Trinajstić information content (AvgIpc) is 3.18. The second kappa shape index (κ2) is 5.80. The molecule has 0 spiro atoms. The van der Waals surface area contributed by atoms with Crippen LogP contribution >= 0.6 is 11.8 Å². The smallest absolute Gasteiger partial charge is 0.322 e. The fraction of sp³-hybridized carbons (Fsp3) is 0.0769. The average molecular weight is 302 g/mol. The summed E-state index contributed by atoms with van der Waals surface area (Å²) in [5.41, 5.74) is 0.507. The van der Waals surface area contributed by atoms with E-state index in [0.29, 0.717) is 11.3 Å². The van der Waals surface area contributed by atoms with Crippen molar-refractivity contribution in [3.05, 3.63) is 42.1 Å². The SMILES string of the molecule is CSc1ccc(C(=O)Nc2nnc(-c3ccno3)o2)cc1. The lowest BCUT2D eigenvalue weighted by atomic mass is 10.2. The van der Waals surface area contributed by atoms with Crippen LogP contribution in [0.5, 0.6) is 0 Å². The van der Waals surface area contributed by atoms with Crippen molar-refractivity contribution in [2.75, 3.05) is 11.6 Å². The Hall–Kier alpha value is -2.61. The summed E-state index contributed by atoms with van der Waals surface area (Å²) in [5.74, 6) is 0.170. The molecule has 7 nitrogen and oxygen atoms in total. The van der Waals surface area contributed by atoms with Crippen LogP contribution in [0, 0.1) is 0 Å². The van der Waals surface area contributed by atoms with Crippen molar-refractivity contribution in [2.45, 2.75) is 4.90 Å². The van der Waals surface area contributed by atoms with E-state index in [2.05, 4.69) is 20.7 Å². The number of aromatic nitrogens is 3. The first-order valence-corrected chi connectivity index (χ1v) is 7.18. The van der Waals surface area contributed by atoms with Gasteiger partial charge in [0.1, 0.15) is 0 Å². The van der Waals surface area contributed by atoms with Crippen LogP contribution in [-0.4, -0.2) is 27.5 Å². The lowest BCUT2D eigenvalue weighted by molar-refractivity contribution is 0.102. The van der Waals surface area contributed by atoms with Crippen LogP contribution in [0.15, 0.2) is 50.4 Å². The maximum atomic E-state index is 12.0. The Kier molecular flexibility index (Phi) is 3.69. The molecule has 0 unspecified atom stereocenters. The number of amides is 1. The Bertz CT molecular complexity index is 737. The second-order valence-corrected chi connectivity index (χ2v) is 4.85. The highest BCUT2D eigenvalue weighted by Crippen LogP contribution is 2.19. The van der Waals surface area contributed by atoms with Gasteiger partial charge in [0, 0.05) is 16.5 Å². The van der Waals surface area contributed by atoms with Gasteiger partial charge in [0.2, 0.25) is 5.76 Å². The molecule has 2 aromatic heterocycles. The number of hydrogen-bond donors (Lipinski definition) is 1. The van der Waals surface area contributed by atoms with Crippen molar-refractivity contribution in [3.63, 3.8) is 0 Å². The standard InChI is InChI=1S/C13H10N4O3S/c1-21-9-4-2-8(3-5-9)11(18)15-13-17-16-12(19-13)10-6-7-14-20-10/h2-7H,1H3,(H,15,17,18). The van der Waals surface area contributed by atoms with Crippen LogP contribution in [0.2, 0.25) is 0 Å². The molecule has 0 aliphatic rings. The van der Waals surface area contributed by atoms with Crippen LogP contribution in [0.4, 0.5) is 6.01 Å². The van der Waals surface area contributed by atoms with Gasteiger partial charge in [0.15, 0.2) is 0 Å². The van der Waals surface area contributed by atoms with Crippen molar-refractivity contribution >= 4 is 23.7 Å². The Morgan fingerprint density at radius 3 is 2.67 bits per heavy atom. The van der Waals surface area contributed by atoms with Crippen molar-refractivity contribution in [1.29, 1.82) is 0 Å². The molecule has 0 fully saturated rings. The molecule has 1 N–H and O–H groups in total. The molecule has 0 atom stereocenters. The highest BCUT2D eigenvalue weighted by atomic mass is 32.2. The summed E-state index contributed by atoms with van der Waals surface area (Å²) in [6.45, 7) is 0. The number of rotatable bonds is 4. The predicted molar refractivity (Wildman–Crippen MR) is 76.0 cm³/mol. The van der Waals surface area contributed by atoms with E-state index in [1.807, 2.05) is 18.4 Å². The fourth-order valence-electron chi connectivity index (χ4n) is 1.61. The summed E-state index contributed by atoms with van der Waals surface area (Å²) in [5, 5.41) is 13.6. The monoisotopic (exact) mass is 302 g/mol. The maximum absolute atomic E-state index is 12.0. The van der Waals surface area contributed by atoms with Crippen LogP contribution in [0.25, 0.3) is 11.7 Å². The van der Waals surface area contributed by atoms with Gasteiger partial charge in [-0.1, -0.05) is 10.3 Å². The molecule has 0 aliphatic heterocycles. The summed E-state index contributed by atoms with van der Waals surface area (Å²) >= 11 is 1.61. The highest BCUT2D eigenvalue weighted by molar-refractivity contribution is 7.98. The number of carbonyl (C=O) groups excluding carboxylic acids is 1. The predicted octanol–water partition coefficient (Wildman–Crippen LogP) is 2.70. The Morgan fingerprint density at radius 1 is 1.19 bits per heavy atom. The third-order valence-electron chi connectivity index (χ3n) is 2.65. The van der Waals surface area contributed by atoms with Gasteiger partial charge in [-0.2, -0.15) is 0 Å².